The van der Waals surface area contributed by atoms with Gasteiger partial charge in [-0.1, -0.05) is 0 Å². The van der Waals surface area contributed by atoms with Crippen molar-refractivity contribution >= 4 is 26.0 Å². The van der Waals surface area contributed by atoms with Gasteiger partial charge in [-0.05, 0) is 48.7 Å². The largest absolute Gasteiger partial charge is 0.480 e. The van der Waals surface area contributed by atoms with Crippen LogP contribution in [0.4, 0.5) is 0 Å². The molecule has 7 heteroatoms. The monoisotopic (exact) mass is 348 g/mol. The Morgan fingerprint density at radius 2 is 2.16 bits per heavy atom. The summed E-state index contributed by atoms with van der Waals surface area (Å²) in [5, 5.41) is 0. The Hall–Kier alpha value is -0.660. The van der Waals surface area contributed by atoms with Crippen LogP contribution in [0.25, 0.3) is 0 Å². The molecule has 5 nitrogen and oxygen atoms in total. The standard InChI is InChI=1S/C12H17BrN2O3S/c1-12(2)5-4-6-15(12)19(16,17)10-7-9(13)8-14-11(10)18-3/h7-8H,4-6H2,1-3H3. The van der Waals surface area contributed by atoms with E-state index >= 15 is 0 Å². The predicted octanol–water partition coefficient (Wildman–Crippen LogP) is 2.42. The summed E-state index contributed by atoms with van der Waals surface area (Å²) in [7, 11) is -2.17. The van der Waals surface area contributed by atoms with Crippen LogP contribution in [0.5, 0.6) is 5.88 Å². The topological polar surface area (TPSA) is 59.5 Å². The molecule has 0 saturated carbocycles. The minimum atomic E-state index is -3.60. The molecular weight excluding hydrogens is 332 g/mol. The van der Waals surface area contributed by atoms with Gasteiger partial charge in [0, 0.05) is 22.8 Å². The molecular formula is C12H17BrN2O3S. The second-order valence-corrected chi connectivity index (χ2v) is 7.90. The van der Waals surface area contributed by atoms with Gasteiger partial charge in [-0.15, -0.1) is 0 Å². The van der Waals surface area contributed by atoms with E-state index in [9.17, 15) is 8.42 Å². The molecule has 1 aliphatic heterocycles. The smallest absolute Gasteiger partial charge is 0.248 e. The van der Waals surface area contributed by atoms with Crippen molar-refractivity contribution < 1.29 is 13.2 Å². The summed E-state index contributed by atoms with van der Waals surface area (Å²) in [5.74, 6) is 0.130. The van der Waals surface area contributed by atoms with E-state index in [-0.39, 0.29) is 16.3 Å². The molecule has 1 aliphatic rings. The summed E-state index contributed by atoms with van der Waals surface area (Å²) in [5.41, 5.74) is -0.369. The molecule has 0 bridgehead atoms. The molecule has 0 aromatic carbocycles. The van der Waals surface area contributed by atoms with Crippen molar-refractivity contribution in [3.63, 3.8) is 0 Å². The molecule has 0 amide bonds. The van der Waals surface area contributed by atoms with E-state index in [4.69, 9.17) is 4.74 Å². The minimum absolute atomic E-state index is 0.111. The van der Waals surface area contributed by atoms with Crippen LogP contribution >= 0.6 is 15.9 Å². The highest BCUT2D eigenvalue weighted by Crippen LogP contribution is 2.36. The zero-order valence-corrected chi connectivity index (χ0v) is 13.6. The lowest BCUT2D eigenvalue weighted by Gasteiger charge is -2.30. The predicted molar refractivity (Wildman–Crippen MR) is 75.7 cm³/mol. The third kappa shape index (κ3) is 2.64. The Labute approximate surface area is 122 Å². The van der Waals surface area contributed by atoms with Crippen molar-refractivity contribution in [1.29, 1.82) is 0 Å². The molecule has 1 fully saturated rings. The number of pyridine rings is 1. The molecule has 0 unspecified atom stereocenters. The lowest BCUT2D eigenvalue weighted by Crippen LogP contribution is -2.42. The summed E-state index contributed by atoms with van der Waals surface area (Å²) in [6, 6.07) is 1.54. The molecule has 0 spiro atoms. The van der Waals surface area contributed by atoms with E-state index < -0.39 is 10.0 Å². The number of hydrogen-bond acceptors (Lipinski definition) is 4. The molecule has 1 aromatic rings. The molecule has 19 heavy (non-hydrogen) atoms. The average molecular weight is 349 g/mol. The van der Waals surface area contributed by atoms with Gasteiger partial charge in [0.25, 0.3) is 0 Å². The minimum Gasteiger partial charge on any atom is -0.480 e. The Morgan fingerprint density at radius 3 is 2.68 bits per heavy atom. The number of methoxy groups -OCH3 is 1. The summed E-state index contributed by atoms with van der Waals surface area (Å²) >= 11 is 3.25. The third-order valence-corrected chi connectivity index (χ3v) is 5.91. The third-order valence-electron chi connectivity index (χ3n) is 3.37. The summed E-state index contributed by atoms with van der Waals surface area (Å²) in [4.78, 5) is 4.12. The SMILES string of the molecule is COc1ncc(Br)cc1S(=O)(=O)N1CCCC1(C)C. The van der Waals surface area contributed by atoms with Crippen LogP contribution < -0.4 is 4.74 Å². The number of nitrogens with zero attached hydrogens (tertiary/aromatic N) is 2. The maximum Gasteiger partial charge on any atom is 0.248 e. The molecule has 1 saturated heterocycles. The number of rotatable bonds is 3. The van der Waals surface area contributed by atoms with Gasteiger partial charge < -0.3 is 4.74 Å². The fraction of sp³-hybridized carbons (Fsp3) is 0.583. The van der Waals surface area contributed by atoms with E-state index in [1.54, 1.807) is 0 Å². The fourth-order valence-corrected chi connectivity index (χ4v) is 4.86. The van der Waals surface area contributed by atoms with E-state index in [1.165, 1.54) is 23.7 Å². The maximum absolute atomic E-state index is 12.8. The first-order valence-electron chi connectivity index (χ1n) is 6.01. The number of ether oxygens (including phenoxy) is 1. The van der Waals surface area contributed by atoms with Gasteiger partial charge >= 0.3 is 0 Å². The van der Waals surface area contributed by atoms with E-state index in [0.717, 1.165) is 12.8 Å². The van der Waals surface area contributed by atoms with Gasteiger partial charge in [-0.3, -0.25) is 0 Å². The van der Waals surface area contributed by atoms with Crippen molar-refractivity contribution in [3.8, 4) is 5.88 Å². The number of aromatic nitrogens is 1. The molecule has 0 N–H and O–H groups in total. The van der Waals surface area contributed by atoms with Crippen LogP contribution in [0.2, 0.25) is 0 Å². The van der Waals surface area contributed by atoms with Gasteiger partial charge in [-0.25, -0.2) is 13.4 Å². The Morgan fingerprint density at radius 1 is 1.47 bits per heavy atom. The second-order valence-electron chi connectivity index (χ2n) is 5.15. The van der Waals surface area contributed by atoms with Crippen LogP contribution in [0.1, 0.15) is 26.7 Å². The molecule has 2 rings (SSSR count). The van der Waals surface area contributed by atoms with Crippen molar-refractivity contribution in [2.24, 2.45) is 0 Å². The fourth-order valence-electron chi connectivity index (χ4n) is 2.39. The maximum atomic E-state index is 12.8. The van der Waals surface area contributed by atoms with Crippen molar-refractivity contribution in [2.45, 2.75) is 37.1 Å². The van der Waals surface area contributed by atoms with Crippen LogP contribution in [0.15, 0.2) is 21.6 Å². The van der Waals surface area contributed by atoms with Gasteiger partial charge in [0.1, 0.15) is 4.90 Å². The first-order chi connectivity index (χ1) is 8.79. The number of sulfonamides is 1. The Kier molecular flexibility index (Phi) is 3.90. The van der Waals surface area contributed by atoms with Crippen molar-refractivity contribution in [1.82, 2.24) is 9.29 Å². The highest BCUT2D eigenvalue weighted by atomic mass is 79.9. The molecule has 106 valence electrons. The highest BCUT2D eigenvalue weighted by Gasteiger charge is 2.42. The zero-order valence-electron chi connectivity index (χ0n) is 11.2. The van der Waals surface area contributed by atoms with E-state index in [1.807, 2.05) is 13.8 Å². The molecule has 1 aromatic heterocycles. The van der Waals surface area contributed by atoms with Gasteiger partial charge in [0.2, 0.25) is 15.9 Å². The molecule has 0 atom stereocenters. The number of hydrogen-bond donors (Lipinski definition) is 0. The van der Waals surface area contributed by atoms with Crippen molar-refractivity contribution in [2.75, 3.05) is 13.7 Å². The molecule has 0 aliphatic carbocycles. The van der Waals surface area contributed by atoms with Crippen LogP contribution in [-0.4, -0.2) is 36.9 Å². The summed E-state index contributed by atoms with van der Waals surface area (Å²) in [6.07, 6.45) is 3.25. The highest BCUT2D eigenvalue weighted by molar-refractivity contribution is 9.10. The van der Waals surface area contributed by atoms with E-state index in [2.05, 4.69) is 20.9 Å². The van der Waals surface area contributed by atoms with Crippen LogP contribution in [0, 0.1) is 0 Å². The Bertz CT molecular complexity index is 587. The molecule has 0 radical (unpaired) electrons. The number of halogens is 1. The Balaban J connectivity index is 2.54. The quantitative estimate of drug-likeness (QED) is 0.841. The summed E-state index contributed by atoms with van der Waals surface area (Å²) < 4.78 is 32.8. The lowest BCUT2D eigenvalue weighted by atomic mass is 10.0. The van der Waals surface area contributed by atoms with Crippen molar-refractivity contribution in [3.05, 3.63) is 16.7 Å². The van der Waals surface area contributed by atoms with Gasteiger partial charge in [0.05, 0.1) is 7.11 Å². The average Bonchev–Trinajstić information content (AvgIpc) is 2.69. The zero-order chi connectivity index (χ0) is 14.3. The summed E-state index contributed by atoms with van der Waals surface area (Å²) in [6.45, 7) is 4.41. The normalized spacial score (nSPS) is 19.6. The van der Waals surface area contributed by atoms with Crippen LogP contribution in [0.3, 0.4) is 0 Å². The van der Waals surface area contributed by atoms with Crippen LogP contribution in [-0.2, 0) is 10.0 Å². The van der Waals surface area contributed by atoms with E-state index in [0.29, 0.717) is 11.0 Å². The lowest BCUT2D eigenvalue weighted by molar-refractivity contribution is 0.289. The first kappa shape index (κ1) is 14.7. The molecule has 2 heterocycles. The second kappa shape index (κ2) is 5.03. The van der Waals surface area contributed by atoms with Gasteiger partial charge in [-0.2, -0.15) is 4.31 Å². The first-order valence-corrected chi connectivity index (χ1v) is 8.25. The van der Waals surface area contributed by atoms with Gasteiger partial charge in [0.15, 0.2) is 0 Å².